The summed E-state index contributed by atoms with van der Waals surface area (Å²) in [6, 6.07) is 5.32. The fraction of sp³-hybridized carbons (Fsp3) is 0.429. The van der Waals surface area contributed by atoms with Crippen LogP contribution in [0.25, 0.3) is 0 Å². The lowest BCUT2D eigenvalue weighted by molar-refractivity contribution is -0.132. The molecule has 0 spiro atoms. The molecule has 1 aliphatic heterocycles. The molecule has 108 valence electrons. The monoisotopic (exact) mass is 295 g/mol. The third-order valence-electron chi connectivity index (χ3n) is 3.55. The summed E-state index contributed by atoms with van der Waals surface area (Å²) in [5.74, 6) is -0.300. The molecule has 2 amide bonds. The van der Waals surface area contributed by atoms with Crippen molar-refractivity contribution in [3.63, 3.8) is 0 Å². The second-order valence-electron chi connectivity index (χ2n) is 5.06. The number of piperidine rings is 1. The van der Waals surface area contributed by atoms with Crippen LogP contribution in [0.1, 0.15) is 28.8 Å². The molecule has 1 aromatic carbocycles. The first kappa shape index (κ1) is 14.8. The van der Waals surface area contributed by atoms with Crippen LogP contribution in [0.3, 0.4) is 0 Å². The van der Waals surface area contributed by atoms with E-state index >= 15 is 0 Å². The number of primary amides is 1. The highest BCUT2D eigenvalue weighted by Crippen LogP contribution is 2.18. The van der Waals surface area contributed by atoms with E-state index in [2.05, 4.69) is 5.32 Å². The van der Waals surface area contributed by atoms with E-state index in [1.165, 1.54) is 0 Å². The molecular formula is C14H18ClN3O2. The molecule has 3 N–H and O–H groups in total. The molecule has 1 unspecified atom stereocenters. The number of benzene rings is 1. The predicted molar refractivity (Wildman–Crippen MR) is 77.5 cm³/mol. The van der Waals surface area contributed by atoms with E-state index < -0.39 is 5.91 Å². The van der Waals surface area contributed by atoms with E-state index in [-0.39, 0.29) is 11.9 Å². The number of nitrogens with one attached hydrogen (secondary N) is 1. The molecule has 1 atom stereocenters. The molecule has 1 heterocycles. The van der Waals surface area contributed by atoms with Crippen LogP contribution in [0, 0.1) is 0 Å². The van der Waals surface area contributed by atoms with E-state index in [0.717, 1.165) is 12.0 Å². The zero-order chi connectivity index (χ0) is 14.7. The Hall–Kier alpha value is -1.59. The van der Waals surface area contributed by atoms with Gasteiger partial charge in [-0.25, -0.2) is 0 Å². The average molecular weight is 296 g/mol. The van der Waals surface area contributed by atoms with Crippen LogP contribution in [0.15, 0.2) is 18.2 Å². The third-order valence-corrected chi connectivity index (χ3v) is 3.90. The SMILES string of the molecule is CN1CC(NCc2ccc(C(N)=O)cc2Cl)CCC1=O. The van der Waals surface area contributed by atoms with Gasteiger partial charge < -0.3 is 16.0 Å². The highest BCUT2D eigenvalue weighted by Gasteiger charge is 2.22. The van der Waals surface area contributed by atoms with E-state index in [1.807, 2.05) is 7.05 Å². The van der Waals surface area contributed by atoms with Gasteiger partial charge in [-0.2, -0.15) is 0 Å². The highest BCUT2D eigenvalue weighted by atomic mass is 35.5. The number of carbonyl (C=O) groups excluding carboxylic acids is 2. The number of nitrogens with two attached hydrogens (primary N) is 1. The molecule has 2 rings (SSSR count). The van der Waals surface area contributed by atoms with Crippen LogP contribution >= 0.6 is 11.6 Å². The van der Waals surface area contributed by atoms with Crippen LogP contribution in [-0.4, -0.2) is 36.3 Å². The van der Waals surface area contributed by atoms with Crippen LogP contribution < -0.4 is 11.1 Å². The molecule has 1 fully saturated rings. The first-order chi connectivity index (χ1) is 9.47. The molecule has 5 nitrogen and oxygen atoms in total. The van der Waals surface area contributed by atoms with Gasteiger partial charge in [0.25, 0.3) is 0 Å². The number of likely N-dealkylation sites (N-methyl/N-ethyl adjacent to an activating group) is 1. The third kappa shape index (κ3) is 3.49. The first-order valence-corrected chi connectivity index (χ1v) is 6.90. The summed E-state index contributed by atoms with van der Waals surface area (Å²) in [5.41, 5.74) is 6.52. The van der Waals surface area contributed by atoms with Gasteiger partial charge in [-0.3, -0.25) is 9.59 Å². The molecule has 1 aliphatic rings. The van der Waals surface area contributed by atoms with Crippen molar-refractivity contribution in [1.29, 1.82) is 0 Å². The summed E-state index contributed by atoms with van der Waals surface area (Å²) in [7, 11) is 1.81. The van der Waals surface area contributed by atoms with Gasteiger partial charge in [-0.1, -0.05) is 17.7 Å². The molecule has 0 bridgehead atoms. The molecule has 1 saturated heterocycles. The molecular weight excluding hydrogens is 278 g/mol. The minimum Gasteiger partial charge on any atom is -0.366 e. The Kier molecular flexibility index (Phi) is 4.62. The van der Waals surface area contributed by atoms with E-state index in [9.17, 15) is 9.59 Å². The van der Waals surface area contributed by atoms with Gasteiger partial charge in [0, 0.05) is 43.2 Å². The Labute approximate surface area is 123 Å². The number of amides is 2. The van der Waals surface area contributed by atoms with Crippen molar-refractivity contribution in [3.05, 3.63) is 34.3 Å². The number of nitrogens with zero attached hydrogens (tertiary/aromatic N) is 1. The van der Waals surface area contributed by atoms with Crippen molar-refractivity contribution in [2.24, 2.45) is 5.73 Å². The minimum atomic E-state index is -0.487. The fourth-order valence-electron chi connectivity index (χ4n) is 2.28. The maximum atomic E-state index is 11.4. The highest BCUT2D eigenvalue weighted by molar-refractivity contribution is 6.31. The molecule has 0 saturated carbocycles. The lowest BCUT2D eigenvalue weighted by Gasteiger charge is -2.30. The Morgan fingerprint density at radius 3 is 2.90 bits per heavy atom. The fourth-order valence-corrected chi connectivity index (χ4v) is 2.52. The van der Waals surface area contributed by atoms with E-state index in [0.29, 0.717) is 30.1 Å². The molecule has 0 aliphatic carbocycles. The smallest absolute Gasteiger partial charge is 0.248 e. The number of carbonyl (C=O) groups is 2. The Morgan fingerprint density at radius 2 is 2.30 bits per heavy atom. The second kappa shape index (κ2) is 6.24. The lowest BCUT2D eigenvalue weighted by Crippen LogP contribution is -2.46. The summed E-state index contributed by atoms with van der Waals surface area (Å²) in [6.45, 7) is 1.31. The average Bonchev–Trinajstić information content (AvgIpc) is 2.41. The zero-order valence-electron chi connectivity index (χ0n) is 11.4. The summed E-state index contributed by atoms with van der Waals surface area (Å²) in [5, 5.41) is 3.91. The largest absolute Gasteiger partial charge is 0.366 e. The summed E-state index contributed by atoms with van der Waals surface area (Å²) >= 11 is 6.13. The van der Waals surface area contributed by atoms with Crippen molar-refractivity contribution in [3.8, 4) is 0 Å². The molecule has 0 radical (unpaired) electrons. The number of halogens is 1. The molecule has 6 heteroatoms. The summed E-state index contributed by atoms with van der Waals surface area (Å²) in [4.78, 5) is 24.2. The normalized spacial score (nSPS) is 19.2. The van der Waals surface area contributed by atoms with E-state index in [4.69, 9.17) is 17.3 Å². The Bertz CT molecular complexity index is 533. The number of hydrogen-bond acceptors (Lipinski definition) is 3. The standard InChI is InChI=1S/C14H18ClN3O2/c1-18-8-11(4-5-13(18)19)17-7-10-3-2-9(14(16)20)6-12(10)15/h2-3,6,11,17H,4-5,7-8H2,1H3,(H2,16,20). The van der Waals surface area contributed by atoms with Crippen molar-refractivity contribution < 1.29 is 9.59 Å². The van der Waals surface area contributed by atoms with Gasteiger partial charge in [-0.15, -0.1) is 0 Å². The molecule has 1 aromatic rings. The van der Waals surface area contributed by atoms with Crippen molar-refractivity contribution in [1.82, 2.24) is 10.2 Å². The van der Waals surface area contributed by atoms with Gasteiger partial charge in [-0.05, 0) is 24.1 Å². The first-order valence-electron chi connectivity index (χ1n) is 6.53. The number of rotatable bonds is 4. The van der Waals surface area contributed by atoms with Gasteiger partial charge in [0.1, 0.15) is 0 Å². The van der Waals surface area contributed by atoms with Crippen LogP contribution in [0.4, 0.5) is 0 Å². The quantitative estimate of drug-likeness (QED) is 0.875. The lowest BCUT2D eigenvalue weighted by atomic mass is 10.0. The van der Waals surface area contributed by atoms with Crippen LogP contribution in [0.2, 0.25) is 5.02 Å². The van der Waals surface area contributed by atoms with Crippen molar-refractivity contribution in [2.45, 2.75) is 25.4 Å². The van der Waals surface area contributed by atoms with Gasteiger partial charge in [0.2, 0.25) is 11.8 Å². The van der Waals surface area contributed by atoms with Gasteiger partial charge >= 0.3 is 0 Å². The minimum absolute atomic E-state index is 0.187. The number of hydrogen-bond donors (Lipinski definition) is 2. The zero-order valence-corrected chi connectivity index (χ0v) is 12.1. The molecule has 0 aromatic heterocycles. The summed E-state index contributed by atoms with van der Waals surface area (Å²) in [6.07, 6.45) is 1.41. The maximum Gasteiger partial charge on any atom is 0.248 e. The van der Waals surface area contributed by atoms with Gasteiger partial charge in [0.05, 0.1) is 0 Å². The van der Waals surface area contributed by atoms with E-state index in [1.54, 1.807) is 23.1 Å². The van der Waals surface area contributed by atoms with Crippen molar-refractivity contribution in [2.75, 3.05) is 13.6 Å². The maximum absolute atomic E-state index is 11.4. The van der Waals surface area contributed by atoms with Crippen LogP contribution in [-0.2, 0) is 11.3 Å². The Balaban J connectivity index is 1.94. The molecule has 20 heavy (non-hydrogen) atoms. The van der Waals surface area contributed by atoms with Crippen molar-refractivity contribution >= 4 is 23.4 Å². The Morgan fingerprint density at radius 1 is 1.55 bits per heavy atom. The topological polar surface area (TPSA) is 75.4 Å². The van der Waals surface area contributed by atoms with Gasteiger partial charge in [0.15, 0.2) is 0 Å². The number of likely N-dealkylation sites (tertiary alicyclic amines) is 1. The van der Waals surface area contributed by atoms with Crippen LogP contribution in [0.5, 0.6) is 0 Å². The predicted octanol–water partition coefficient (Wildman–Crippen LogP) is 1.15. The summed E-state index contributed by atoms with van der Waals surface area (Å²) < 4.78 is 0. The second-order valence-corrected chi connectivity index (χ2v) is 5.47.